The molecule has 3 heteroatoms. The molecule has 0 bridgehead atoms. The van der Waals surface area contributed by atoms with Crippen LogP contribution in [0.3, 0.4) is 0 Å². The summed E-state index contributed by atoms with van der Waals surface area (Å²) in [4.78, 5) is 0. The van der Waals surface area contributed by atoms with E-state index in [-0.39, 0.29) is 0 Å². The van der Waals surface area contributed by atoms with Crippen LogP contribution in [0.5, 0.6) is 0 Å². The first kappa shape index (κ1) is 13.7. The van der Waals surface area contributed by atoms with Gasteiger partial charge < -0.3 is 4.52 Å². The van der Waals surface area contributed by atoms with E-state index in [0.29, 0.717) is 6.45 Å². The number of hydrogen-bond acceptors (Lipinski definition) is 1. The first-order valence-corrected chi connectivity index (χ1v) is 8.85. The Bertz CT molecular complexity index is 133. The molecule has 0 fully saturated rings. The van der Waals surface area contributed by atoms with Crippen molar-refractivity contribution in [3.63, 3.8) is 0 Å². The molecule has 0 amide bonds. The van der Waals surface area contributed by atoms with Gasteiger partial charge in [-0.15, -0.1) is 12.3 Å². The van der Waals surface area contributed by atoms with E-state index in [1.54, 1.807) is 0 Å². The summed E-state index contributed by atoms with van der Waals surface area (Å²) in [6, 6.07) is 0. The van der Waals surface area contributed by atoms with Crippen molar-refractivity contribution in [2.75, 3.05) is 6.61 Å². The number of unbranched alkanes of at least 4 members (excludes halogenated alkanes) is 6. The fraction of sp³-hybridized carbons (Fsp3) is 0.800. The normalized spacial score (nSPS) is 10.8. The first-order valence-electron chi connectivity index (χ1n) is 4.82. The lowest BCUT2D eigenvalue weighted by Crippen LogP contribution is -1.85. The van der Waals surface area contributed by atoms with Gasteiger partial charge in [-0.1, -0.05) is 25.7 Å². The summed E-state index contributed by atoms with van der Waals surface area (Å²) in [6.45, 7) is 1.55. The van der Waals surface area contributed by atoms with E-state index in [0.717, 1.165) is 13.0 Å². The highest BCUT2D eigenvalue weighted by Crippen LogP contribution is 2.22. The largest absolute Gasteiger partial charge is 0.352 e. The molecule has 13 heavy (non-hydrogen) atoms. The van der Waals surface area contributed by atoms with Gasteiger partial charge in [-0.05, 0) is 34.9 Å². The third kappa shape index (κ3) is 12.7. The minimum absolute atomic E-state index is 0.618. The summed E-state index contributed by atoms with van der Waals surface area (Å²) >= 11 is 2.26. The summed E-state index contributed by atoms with van der Waals surface area (Å²) < 4.78 is 5.27. The molecule has 1 atom stereocenters. The highest BCUT2D eigenvalue weighted by atomic mass is 127. The standard InChI is InChI=1S/C10H18IOP/c1-2-3-4-5-6-7-8-9-10-12-13-11/h1,13H,3-10H2. The molecule has 0 aliphatic heterocycles. The van der Waals surface area contributed by atoms with Gasteiger partial charge in [0.15, 0.2) is 0 Å². The number of hydrogen-bond donors (Lipinski definition) is 0. The second kappa shape index (κ2) is 12.7. The molecule has 0 rings (SSSR count). The first-order chi connectivity index (χ1) is 6.41. The quantitative estimate of drug-likeness (QED) is 0.267. The molecule has 0 aliphatic carbocycles. The summed E-state index contributed by atoms with van der Waals surface area (Å²) in [6.07, 6.45) is 13.8. The highest BCUT2D eigenvalue weighted by Gasteiger charge is 1.90. The maximum Gasteiger partial charge on any atom is 0.0793 e. The lowest BCUT2D eigenvalue weighted by atomic mass is 10.1. The van der Waals surface area contributed by atoms with Crippen LogP contribution in [0.1, 0.15) is 44.9 Å². The maximum atomic E-state index is 5.27. The Kier molecular flexibility index (Phi) is 13.3. The molecule has 76 valence electrons. The van der Waals surface area contributed by atoms with Crippen LogP contribution >= 0.6 is 28.5 Å². The number of halogens is 1. The lowest BCUT2D eigenvalue weighted by molar-refractivity contribution is 0.352. The molecule has 0 saturated heterocycles. The Labute approximate surface area is 96.7 Å². The van der Waals surface area contributed by atoms with Gasteiger partial charge in [0.1, 0.15) is 0 Å². The monoisotopic (exact) mass is 312 g/mol. The molecule has 0 N–H and O–H groups in total. The molecular formula is C10H18IOP. The third-order valence-corrected chi connectivity index (χ3v) is 3.12. The van der Waals surface area contributed by atoms with Crippen LogP contribution in [0.4, 0.5) is 0 Å². The van der Waals surface area contributed by atoms with Gasteiger partial charge in [0.05, 0.1) is 13.1 Å². The van der Waals surface area contributed by atoms with Gasteiger partial charge in [0, 0.05) is 6.42 Å². The van der Waals surface area contributed by atoms with Crippen molar-refractivity contribution in [1.29, 1.82) is 0 Å². The SMILES string of the molecule is C#CCCCCCCCCOPI. The average molecular weight is 312 g/mol. The molecule has 0 aliphatic rings. The second-order valence-electron chi connectivity index (χ2n) is 3.00. The maximum absolute atomic E-state index is 5.27. The highest BCUT2D eigenvalue weighted by molar-refractivity contribution is 14.2. The number of rotatable bonds is 9. The Hall–Kier alpha value is 0.680. The van der Waals surface area contributed by atoms with Crippen LogP contribution in [-0.4, -0.2) is 6.61 Å². The Morgan fingerprint density at radius 1 is 1.08 bits per heavy atom. The van der Waals surface area contributed by atoms with Crippen LogP contribution in [0.15, 0.2) is 0 Å². The van der Waals surface area contributed by atoms with Crippen molar-refractivity contribution in [2.24, 2.45) is 0 Å². The number of terminal acetylenes is 1. The lowest BCUT2D eigenvalue weighted by Gasteiger charge is -2.00. The van der Waals surface area contributed by atoms with Gasteiger partial charge in [-0.3, -0.25) is 0 Å². The van der Waals surface area contributed by atoms with Gasteiger partial charge in [0.2, 0.25) is 0 Å². The van der Waals surface area contributed by atoms with Crippen LogP contribution in [0.2, 0.25) is 0 Å². The van der Waals surface area contributed by atoms with E-state index in [1.165, 1.54) is 38.5 Å². The molecule has 0 aromatic heterocycles. The van der Waals surface area contributed by atoms with Crippen molar-refractivity contribution in [3.05, 3.63) is 0 Å². The third-order valence-electron chi connectivity index (χ3n) is 1.87. The summed E-state index contributed by atoms with van der Waals surface area (Å²) in [5, 5.41) is 0. The Morgan fingerprint density at radius 3 is 2.31 bits per heavy atom. The average Bonchev–Trinajstić information content (AvgIpc) is 2.16. The Morgan fingerprint density at radius 2 is 1.69 bits per heavy atom. The van der Waals surface area contributed by atoms with E-state index in [9.17, 15) is 0 Å². The zero-order valence-corrected chi connectivity index (χ0v) is 11.2. The molecule has 0 aromatic carbocycles. The molecule has 0 spiro atoms. The van der Waals surface area contributed by atoms with E-state index < -0.39 is 0 Å². The predicted molar refractivity (Wildman–Crippen MR) is 69.4 cm³/mol. The van der Waals surface area contributed by atoms with Crippen molar-refractivity contribution in [3.8, 4) is 12.3 Å². The second-order valence-corrected chi connectivity index (χ2v) is 4.77. The van der Waals surface area contributed by atoms with Crippen LogP contribution in [0, 0.1) is 12.3 Å². The molecule has 0 heterocycles. The van der Waals surface area contributed by atoms with Gasteiger partial charge in [0.25, 0.3) is 0 Å². The Balaban J connectivity index is 2.80. The molecular weight excluding hydrogens is 294 g/mol. The fourth-order valence-corrected chi connectivity index (χ4v) is 2.03. The zero-order chi connectivity index (χ0) is 9.78. The smallest absolute Gasteiger partial charge is 0.0793 e. The summed E-state index contributed by atoms with van der Waals surface area (Å²) in [5.74, 6) is 2.67. The van der Waals surface area contributed by atoms with Gasteiger partial charge in [-0.2, -0.15) is 0 Å². The summed E-state index contributed by atoms with van der Waals surface area (Å²) in [7, 11) is 0. The molecule has 1 unspecified atom stereocenters. The minimum atomic E-state index is 0.618. The molecule has 0 aromatic rings. The predicted octanol–water partition coefficient (Wildman–Crippen LogP) is 4.31. The molecule has 0 saturated carbocycles. The van der Waals surface area contributed by atoms with Crippen molar-refractivity contribution in [1.82, 2.24) is 0 Å². The van der Waals surface area contributed by atoms with E-state index in [1.807, 2.05) is 0 Å². The van der Waals surface area contributed by atoms with Crippen molar-refractivity contribution >= 4 is 28.5 Å². The van der Waals surface area contributed by atoms with E-state index in [2.05, 4.69) is 28.0 Å². The van der Waals surface area contributed by atoms with Crippen LogP contribution < -0.4 is 0 Å². The molecule has 1 nitrogen and oxygen atoms in total. The van der Waals surface area contributed by atoms with E-state index >= 15 is 0 Å². The van der Waals surface area contributed by atoms with Crippen molar-refractivity contribution in [2.45, 2.75) is 44.9 Å². The van der Waals surface area contributed by atoms with Crippen LogP contribution in [0.25, 0.3) is 0 Å². The topological polar surface area (TPSA) is 9.23 Å². The van der Waals surface area contributed by atoms with Crippen LogP contribution in [-0.2, 0) is 4.52 Å². The van der Waals surface area contributed by atoms with E-state index in [4.69, 9.17) is 10.9 Å². The van der Waals surface area contributed by atoms with Gasteiger partial charge in [-0.25, -0.2) is 0 Å². The van der Waals surface area contributed by atoms with Crippen molar-refractivity contribution < 1.29 is 4.52 Å². The molecule has 0 radical (unpaired) electrons. The minimum Gasteiger partial charge on any atom is -0.352 e. The zero-order valence-electron chi connectivity index (χ0n) is 8.02. The summed E-state index contributed by atoms with van der Waals surface area (Å²) in [5.41, 5.74) is 0. The van der Waals surface area contributed by atoms with Gasteiger partial charge >= 0.3 is 0 Å². The fourth-order valence-electron chi connectivity index (χ4n) is 1.15.